The molecule has 4 aromatic carbocycles. The van der Waals surface area contributed by atoms with Gasteiger partial charge < -0.3 is 15.0 Å². The first-order valence-electron chi connectivity index (χ1n) is 14.6. The predicted molar refractivity (Wildman–Crippen MR) is 173 cm³/mol. The van der Waals surface area contributed by atoms with Crippen LogP contribution in [0.1, 0.15) is 30.0 Å². The fourth-order valence-electron chi connectivity index (χ4n) is 4.89. The third-order valence-corrected chi connectivity index (χ3v) is 9.18. The Morgan fingerprint density at radius 3 is 2.07 bits per heavy atom. The van der Waals surface area contributed by atoms with E-state index in [1.54, 1.807) is 42.5 Å². The summed E-state index contributed by atoms with van der Waals surface area (Å²) in [6.07, 6.45) is 0.998. The van der Waals surface area contributed by atoms with Gasteiger partial charge in [-0.25, -0.2) is 8.42 Å². The molecule has 0 unspecified atom stereocenters. The minimum atomic E-state index is -4.16. The smallest absolute Gasteiger partial charge is 0.264 e. The van der Waals surface area contributed by atoms with E-state index in [4.69, 9.17) is 4.74 Å². The summed E-state index contributed by atoms with van der Waals surface area (Å²) in [5, 5.41) is 2.96. The van der Waals surface area contributed by atoms with Crippen molar-refractivity contribution in [2.75, 3.05) is 24.5 Å². The van der Waals surface area contributed by atoms with Gasteiger partial charge in [-0.05, 0) is 66.4 Å². The van der Waals surface area contributed by atoms with Crippen molar-refractivity contribution in [3.63, 3.8) is 0 Å². The summed E-state index contributed by atoms with van der Waals surface area (Å²) in [6.45, 7) is 3.98. The molecule has 0 heterocycles. The topological polar surface area (TPSA) is 96.0 Å². The molecule has 1 atom stereocenters. The Morgan fingerprint density at radius 2 is 1.45 bits per heavy atom. The van der Waals surface area contributed by atoms with Gasteiger partial charge in [0.05, 0.1) is 17.7 Å². The molecule has 230 valence electrons. The van der Waals surface area contributed by atoms with Crippen LogP contribution in [0.4, 0.5) is 5.69 Å². The minimum absolute atomic E-state index is 0.0515. The molecule has 0 radical (unpaired) electrons. The number of rotatable bonds is 14. The fraction of sp³-hybridized carbons (Fsp3) is 0.257. The third kappa shape index (κ3) is 8.05. The summed E-state index contributed by atoms with van der Waals surface area (Å²) < 4.78 is 34.4. The molecule has 0 saturated heterocycles. The number of hydrogen-bond acceptors (Lipinski definition) is 5. The van der Waals surface area contributed by atoms with Crippen LogP contribution in [0, 0.1) is 6.92 Å². The zero-order valence-corrected chi connectivity index (χ0v) is 26.2. The number of amides is 2. The van der Waals surface area contributed by atoms with Crippen molar-refractivity contribution in [2.24, 2.45) is 0 Å². The van der Waals surface area contributed by atoms with Crippen molar-refractivity contribution < 1.29 is 22.7 Å². The largest absolute Gasteiger partial charge is 0.497 e. The van der Waals surface area contributed by atoms with E-state index >= 15 is 0 Å². The molecule has 0 aliphatic carbocycles. The first-order valence-corrected chi connectivity index (χ1v) is 16.1. The van der Waals surface area contributed by atoms with Gasteiger partial charge in [-0.3, -0.25) is 13.9 Å². The van der Waals surface area contributed by atoms with Crippen molar-refractivity contribution in [3.8, 4) is 5.75 Å². The van der Waals surface area contributed by atoms with Gasteiger partial charge in [0.15, 0.2) is 0 Å². The average molecular weight is 614 g/mol. The molecule has 8 nitrogen and oxygen atoms in total. The zero-order chi connectivity index (χ0) is 31.5. The molecule has 2 amide bonds. The standard InChI is InChI=1S/C35H39N3O5S/c1-4-23-36-35(40)33(24-28-14-7-5-8-15-28)37(25-29-16-12-11-13-27(29)2)34(39)26-38(30-19-21-31(43-3)22-20-30)44(41,42)32-17-9-6-10-18-32/h5-22,33H,4,23-26H2,1-3H3,(H,36,40)/t33-/m0/s1. The highest BCUT2D eigenvalue weighted by molar-refractivity contribution is 7.92. The molecule has 44 heavy (non-hydrogen) atoms. The number of nitrogens with zero attached hydrogens (tertiary/aromatic N) is 2. The van der Waals surface area contributed by atoms with Crippen LogP contribution in [0.2, 0.25) is 0 Å². The predicted octanol–water partition coefficient (Wildman–Crippen LogP) is 5.37. The van der Waals surface area contributed by atoms with E-state index in [-0.39, 0.29) is 23.8 Å². The second-order valence-corrected chi connectivity index (χ2v) is 12.3. The van der Waals surface area contributed by atoms with E-state index in [0.717, 1.165) is 27.4 Å². The molecule has 9 heteroatoms. The Labute approximate surface area is 260 Å². The lowest BCUT2D eigenvalue weighted by atomic mass is 10.0. The minimum Gasteiger partial charge on any atom is -0.497 e. The van der Waals surface area contributed by atoms with Crippen molar-refractivity contribution in [1.29, 1.82) is 0 Å². The summed E-state index contributed by atoms with van der Waals surface area (Å²) in [5.74, 6) is -0.246. The molecule has 0 spiro atoms. The van der Waals surface area contributed by atoms with Crippen molar-refractivity contribution in [2.45, 2.75) is 44.2 Å². The number of sulfonamides is 1. The second kappa shape index (κ2) is 15.2. The highest BCUT2D eigenvalue weighted by atomic mass is 32.2. The molecule has 0 saturated carbocycles. The average Bonchev–Trinajstić information content (AvgIpc) is 3.05. The van der Waals surface area contributed by atoms with Crippen LogP contribution >= 0.6 is 0 Å². The van der Waals surface area contributed by atoms with E-state index in [1.807, 2.05) is 68.4 Å². The number of hydrogen-bond donors (Lipinski definition) is 1. The molecular weight excluding hydrogens is 574 g/mol. The monoisotopic (exact) mass is 613 g/mol. The normalized spacial score (nSPS) is 11.8. The van der Waals surface area contributed by atoms with Gasteiger partial charge in [0.1, 0.15) is 18.3 Å². The number of carbonyl (C=O) groups is 2. The molecule has 0 fully saturated rings. The van der Waals surface area contributed by atoms with Crippen molar-refractivity contribution in [3.05, 3.63) is 126 Å². The van der Waals surface area contributed by atoms with E-state index in [0.29, 0.717) is 18.0 Å². The van der Waals surface area contributed by atoms with Gasteiger partial charge >= 0.3 is 0 Å². The summed E-state index contributed by atoms with van der Waals surface area (Å²) in [5.41, 5.74) is 3.01. The van der Waals surface area contributed by atoms with Crippen molar-refractivity contribution >= 4 is 27.5 Å². The van der Waals surface area contributed by atoms with Crippen LogP contribution in [0.3, 0.4) is 0 Å². The molecule has 1 N–H and O–H groups in total. The SMILES string of the molecule is CCCNC(=O)[C@H](Cc1ccccc1)N(Cc1ccccc1C)C(=O)CN(c1ccc(OC)cc1)S(=O)(=O)c1ccccc1. The number of nitrogens with one attached hydrogen (secondary N) is 1. The Morgan fingerprint density at radius 1 is 0.841 bits per heavy atom. The van der Waals surface area contributed by atoms with Crippen molar-refractivity contribution in [1.82, 2.24) is 10.2 Å². The second-order valence-electron chi connectivity index (χ2n) is 10.5. The Balaban J connectivity index is 1.80. The lowest BCUT2D eigenvalue weighted by molar-refractivity contribution is -0.140. The lowest BCUT2D eigenvalue weighted by Gasteiger charge is -2.34. The molecule has 4 rings (SSSR count). The lowest BCUT2D eigenvalue weighted by Crippen LogP contribution is -2.53. The highest BCUT2D eigenvalue weighted by Crippen LogP contribution is 2.27. The zero-order valence-electron chi connectivity index (χ0n) is 25.3. The number of carbonyl (C=O) groups excluding carboxylic acids is 2. The van der Waals surface area contributed by atoms with Crippen LogP contribution in [0.25, 0.3) is 0 Å². The van der Waals surface area contributed by atoms with E-state index in [2.05, 4.69) is 5.32 Å². The first kappa shape index (κ1) is 32.3. The summed E-state index contributed by atoms with van der Waals surface area (Å²) in [4.78, 5) is 29.8. The van der Waals surface area contributed by atoms with Gasteiger partial charge in [-0.1, -0.05) is 79.7 Å². The van der Waals surface area contributed by atoms with Gasteiger partial charge in [0.25, 0.3) is 10.0 Å². The number of methoxy groups -OCH3 is 1. The number of benzene rings is 4. The van der Waals surface area contributed by atoms with Crippen LogP contribution in [-0.2, 0) is 32.6 Å². The van der Waals surface area contributed by atoms with Gasteiger partial charge in [-0.15, -0.1) is 0 Å². The van der Waals surface area contributed by atoms with Crippen LogP contribution in [0.5, 0.6) is 5.75 Å². The van der Waals surface area contributed by atoms with Crippen LogP contribution < -0.4 is 14.4 Å². The quantitative estimate of drug-likeness (QED) is 0.207. The Kier molecular flexibility index (Phi) is 11.2. The number of ether oxygens (including phenoxy) is 1. The molecule has 0 aliphatic heterocycles. The Bertz CT molecular complexity index is 1630. The number of anilines is 1. The van der Waals surface area contributed by atoms with Crippen LogP contribution in [-0.4, -0.2) is 51.4 Å². The molecule has 0 aromatic heterocycles. The van der Waals surface area contributed by atoms with E-state index < -0.39 is 28.5 Å². The highest BCUT2D eigenvalue weighted by Gasteiger charge is 2.34. The summed E-state index contributed by atoms with van der Waals surface area (Å²) in [6, 6.07) is 30.8. The van der Waals surface area contributed by atoms with Gasteiger partial charge in [-0.2, -0.15) is 0 Å². The maximum absolute atomic E-state index is 14.5. The Hall–Kier alpha value is -4.63. The third-order valence-electron chi connectivity index (χ3n) is 7.39. The summed E-state index contributed by atoms with van der Waals surface area (Å²) >= 11 is 0. The molecule has 0 bridgehead atoms. The molecule has 0 aliphatic rings. The van der Waals surface area contributed by atoms with Gasteiger partial charge in [0.2, 0.25) is 11.8 Å². The number of aryl methyl sites for hydroxylation is 1. The van der Waals surface area contributed by atoms with E-state index in [9.17, 15) is 18.0 Å². The maximum atomic E-state index is 14.5. The van der Waals surface area contributed by atoms with Crippen LogP contribution in [0.15, 0.2) is 114 Å². The maximum Gasteiger partial charge on any atom is 0.264 e. The van der Waals surface area contributed by atoms with Gasteiger partial charge in [0, 0.05) is 19.5 Å². The molecule has 4 aromatic rings. The first-order chi connectivity index (χ1) is 21.2. The molecular formula is C35H39N3O5S. The van der Waals surface area contributed by atoms with E-state index in [1.165, 1.54) is 24.1 Å². The summed E-state index contributed by atoms with van der Waals surface area (Å²) in [7, 11) is -2.63. The fourth-order valence-corrected chi connectivity index (χ4v) is 6.32.